The van der Waals surface area contributed by atoms with Crippen molar-refractivity contribution in [2.24, 2.45) is 5.92 Å². The molecule has 0 bridgehead atoms. The number of rotatable bonds is 7. The van der Waals surface area contributed by atoms with Crippen LogP contribution in [0.5, 0.6) is 5.75 Å². The molecule has 1 N–H and O–H groups in total. The van der Waals surface area contributed by atoms with E-state index >= 15 is 0 Å². The lowest BCUT2D eigenvalue weighted by molar-refractivity contribution is -0.132. The first kappa shape index (κ1) is 17.6. The fourth-order valence-corrected chi connectivity index (χ4v) is 3.44. The highest BCUT2D eigenvalue weighted by molar-refractivity contribution is 5.86. The highest BCUT2D eigenvalue weighted by atomic mass is 16.5. The summed E-state index contributed by atoms with van der Waals surface area (Å²) in [6.45, 7) is 5.42. The molecule has 2 rings (SSSR count). The lowest BCUT2D eigenvalue weighted by Crippen LogP contribution is -2.13. The molecule has 1 aliphatic carbocycles. The number of esters is 1. The summed E-state index contributed by atoms with van der Waals surface area (Å²) in [5, 5.41) is 8.97. The van der Waals surface area contributed by atoms with Crippen LogP contribution in [0.1, 0.15) is 69.8 Å². The molecule has 0 saturated heterocycles. The molecule has 1 fully saturated rings. The van der Waals surface area contributed by atoms with Crippen LogP contribution in [0.25, 0.3) is 0 Å². The van der Waals surface area contributed by atoms with Gasteiger partial charge in [-0.15, -0.1) is 0 Å². The number of aliphatic hydroxyl groups is 1. The molecule has 0 heterocycles. The minimum Gasteiger partial charge on any atom is -0.502 e. The Hall–Kier alpha value is -1.77. The summed E-state index contributed by atoms with van der Waals surface area (Å²) in [5.74, 6) is 0.603. The Morgan fingerprint density at radius 3 is 2.39 bits per heavy atom. The van der Waals surface area contributed by atoms with Gasteiger partial charge in [0.25, 0.3) is 0 Å². The zero-order chi connectivity index (χ0) is 16.7. The van der Waals surface area contributed by atoms with E-state index < -0.39 is 11.7 Å². The van der Waals surface area contributed by atoms with Gasteiger partial charge in [-0.2, -0.15) is 0 Å². The zero-order valence-corrected chi connectivity index (χ0v) is 14.1. The Bertz CT molecular complexity index is 510. The molecule has 1 aromatic rings. The van der Waals surface area contributed by atoms with Gasteiger partial charge in [0, 0.05) is 0 Å². The number of benzene rings is 1. The molecule has 0 radical (unpaired) electrons. The first-order chi connectivity index (χ1) is 11.1. The van der Waals surface area contributed by atoms with Gasteiger partial charge in [0.05, 0.1) is 0 Å². The highest BCUT2D eigenvalue weighted by Crippen LogP contribution is 2.38. The van der Waals surface area contributed by atoms with E-state index in [1.807, 2.05) is 12.1 Å². The second-order valence-corrected chi connectivity index (χ2v) is 6.62. The number of carbonyl (C=O) groups is 1. The molecule has 1 aliphatic rings. The average molecular weight is 316 g/mol. The monoisotopic (exact) mass is 316 g/mol. The minimum atomic E-state index is -0.801. The number of hydrogen-bond acceptors (Lipinski definition) is 3. The molecular weight excluding hydrogens is 288 g/mol. The van der Waals surface area contributed by atoms with Crippen molar-refractivity contribution < 1.29 is 14.6 Å². The van der Waals surface area contributed by atoms with Gasteiger partial charge in [0.1, 0.15) is 5.75 Å². The molecular formula is C20H28O3. The normalized spacial score (nSPS) is 20.9. The fraction of sp³-hybridized carbons (Fsp3) is 0.550. The van der Waals surface area contributed by atoms with Gasteiger partial charge in [-0.3, -0.25) is 0 Å². The zero-order valence-electron chi connectivity index (χ0n) is 14.1. The van der Waals surface area contributed by atoms with Crippen LogP contribution >= 0.6 is 0 Å². The SMILES string of the molecule is C=C(O)C(=O)Oc1ccc(C2CCC(CCCCC)CC2)cc1. The van der Waals surface area contributed by atoms with Crippen molar-refractivity contribution in [3.63, 3.8) is 0 Å². The average Bonchev–Trinajstić information content (AvgIpc) is 2.56. The van der Waals surface area contributed by atoms with Crippen LogP contribution in [0.4, 0.5) is 0 Å². The lowest BCUT2D eigenvalue weighted by atomic mass is 9.77. The van der Waals surface area contributed by atoms with E-state index in [9.17, 15) is 4.79 Å². The van der Waals surface area contributed by atoms with Crippen LogP contribution in [0.3, 0.4) is 0 Å². The Labute approximate surface area is 139 Å². The second kappa shape index (κ2) is 8.76. The summed E-state index contributed by atoms with van der Waals surface area (Å²) < 4.78 is 5.00. The fourth-order valence-electron chi connectivity index (χ4n) is 3.44. The Balaban J connectivity index is 1.82. The molecule has 1 aromatic carbocycles. The lowest BCUT2D eigenvalue weighted by Gasteiger charge is -2.29. The van der Waals surface area contributed by atoms with Crippen molar-refractivity contribution in [3.8, 4) is 5.75 Å². The van der Waals surface area contributed by atoms with Crippen molar-refractivity contribution in [3.05, 3.63) is 42.2 Å². The smallest absolute Gasteiger partial charge is 0.378 e. The van der Waals surface area contributed by atoms with Crippen LogP contribution in [-0.4, -0.2) is 11.1 Å². The molecule has 0 atom stereocenters. The molecule has 126 valence electrons. The number of carbonyl (C=O) groups excluding carboxylic acids is 1. The van der Waals surface area contributed by atoms with Crippen LogP contribution in [0, 0.1) is 5.92 Å². The van der Waals surface area contributed by atoms with Crippen LogP contribution in [0.2, 0.25) is 0 Å². The molecule has 0 unspecified atom stereocenters. The summed E-state index contributed by atoms with van der Waals surface area (Å²) in [6, 6.07) is 7.66. The Kier molecular flexibility index (Phi) is 6.69. The number of aliphatic hydroxyl groups excluding tert-OH is 1. The Morgan fingerprint density at radius 1 is 1.17 bits per heavy atom. The van der Waals surface area contributed by atoms with Gasteiger partial charge in [0.2, 0.25) is 0 Å². The third-order valence-electron chi connectivity index (χ3n) is 4.86. The van der Waals surface area contributed by atoms with Crippen molar-refractivity contribution in [2.45, 2.75) is 64.2 Å². The minimum absolute atomic E-state index is 0.446. The van der Waals surface area contributed by atoms with Crippen molar-refractivity contribution in [2.75, 3.05) is 0 Å². The van der Waals surface area contributed by atoms with Gasteiger partial charge in [-0.05, 0) is 61.8 Å². The largest absolute Gasteiger partial charge is 0.502 e. The third kappa shape index (κ3) is 5.42. The summed E-state index contributed by atoms with van der Waals surface area (Å²) in [7, 11) is 0. The predicted molar refractivity (Wildman–Crippen MR) is 92.7 cm³/mol. The van der Waals surface area contributed by atoms with Gasteiger partial charge in [-0.1, -0.05) is 44.7 Å². The molecule has 0 spiro atoms. The molecule has 0 aliphatic heterocycles. The highest BCUT2D eigenvalue weighted by Gasteiger charge is 2.22. The standard InChI is InChI=1S/C20H28O3/c1-3-4-5-6-16-7-9-17(10-8-16)18-11-13-19(14-12-18)23-20(22)15(2)21/h11-14,16-17,21H,2-10H2,1H3. The first-order valence-corrected chi connectivity index (χ1v) is 8.80. The van der Waals surface area contributed by atoms with Gasteiger partial charge in [0.15, 0.2) is 5.76 Å². The van der Waals surface area contributed by atoms with E-state index in [1.165, 1.54) is 56.9 Å². The van der Waals surface area contributed by atoms with E-state index in [4.69, 9.17) is 9.84 Å². The van der Waals surface area contributed by atoms with E-state index in [1.54, 1.807) is 12.1 Å². The number of unbranched alkanes of at least 4 members (excludes halogenated alkanes) is 2. The summed E-state index contributed by atoms with van der Waals surface area (Å²) in [4.78, 5) is 11.3. The first-order valence-electron chi connectivity index (χ1n) is 8.80. The van der Waals surface area contributed by atoms with Crippen LogP contribution < -0.4 is 4.74 Å². The van der Waals surface area contributed by atoms with Gasteiger partial charge >= 0.3 is 5.97 Å². The summed E-state index contributed by atoms with van der Waals surface area (Å²) >= 11 is 0. The van der Waals surface area contributed by atoms with Gasteiger partial charge < -0.3 is 9.84 Å². The van der Waals surface area contributed by atoms with E-state index in [-0.39, 0.29) is 0 Å². The predicted octanol–water partition coefficient (Wildman–Crippen LogP) is 5.52. The summed E-state index contributed by atoms with van der Waals surface area (Å²) in [5.41, 5.74) is 1.32. The second-order valence-electron chi connectivity index (χ2n) is 6.62. The van der Waals surface area contributed by atoms with Crippen LogP contribution in [0.15, 0.2) is 36.6 Å². The quantitative estimate of drug-likeness (QED) is 0.237. The maximum absolute atomic E-state index is 11.3. The maximum Gasteiger partial charge on any atom is 0.378 e. The Morgan fingerprint density at radius 2 is 1.83 bits per heavy atom. The third-order valence-corrected chi connectivity index (χ3v) is 4.86. The van der Waals surface area contributed by atoms with E-state index in [0.29, 0.717) is 11.7 Å². The van der Waals surface area contributed by atoms with Crippen molar-refractivity contribution in [1.82, 2.24) is 0 Å². The van der Waals surface area contributed by atoms with Crippen LogP contribution in [-0.2, 0) is 4.79 Å². The van der Waals surface area contributed by atoms with E-state index in [0.717, 1.165) is 5.92 Å². The van der Waals surface area contributed by atoms with Crippen molar-refractivity contribution >= 4 is 5.97 Å². The molecule has 0 amide bonds. The molecule has 3 heteroatoms. The van der Waals surface area contributed by atoms with E-state index in [2.05, 4.69) is 13.5 Å². The molecule has 0 aromatic heterocycles. The summed E-state index contributed by atoms with van der Waals surface area (Å²) in [6.07, 6.45) is 10.6. The topological polar surface area (TPSA) is 46.5 Å². The number of ether oxygens (including phenoxy) is 1. The molecule has 23 heavy (non-hydrogen) atoms. The molecule has 3 nitrogen and oxygen atoms in total. The maximum atomic E-state index is 11.3. The number of hydrogen-bond donors (Lipinski definition) is 1. The molecule has 1 saturated carbocycles. The van der Waals surface area contributed by atoms with Gasteiger partial charge in [-0.25, -0.2) is 4.79 Å². The van der Waals surface area contributed by atoms with Crippen molar-refractivity contribution in [1.29, 1.82) is 0 Å².